The van der Waals surface area contributed by atoms with E-state index in [2.05, 4.69) is 16.0 Å². The van der Waals surface area contributed by atoms with Crippen LogP contribution in [0.4, 0.5) is 5.69 Å². The molecule has 100 valence electrons. The summed E-state index contributed by atoms with van der Waals surface area (Å²) in [6.07, 6.45) is 4.33. The standard InChI is InChI=1S/C14H23N3O/c1-11(15)14-4-3-13(9-16-14)17-7-5-12(6-8-17)10-18-2/h3-4,9,11-12H,5-8,10,15H2,1-2H3/t11-/m0/s1. The molecule has 2 heterocycles. The largest absolute Gasteiger partial charge is 0.384 e. The van der Waals surface area contributed by atoms with Crippen molar-refractivity contribution in [2.75, 3.05) is 31.7 Å². The number of ether oxygens (including phenoxy) is 1. The van der Waals surface area contributed by atoms with E-state index in [9.17, 15) is 0 Å². The van der Waals surface area contributed by atoms with E-state index in [4.69, 9.17) is 10.5 Å². The van der Waals surface area contributed by atoms with Crippen LogP contribution in [0.25, 0.3) is 0 Å². The molecule has 0 unspecified atom stereocenters. The molecular weight excluding hydrogens is 226 g/mol. The zero-order chi connectivity index (χ0) is 13.0. The molecule has 2 N–H and O–H groups in total. The average Bonchev–Trinajstić information content (AvgIpc) is 2.40. The summed E-state index contributed by atoms with van der Waals surface area (Å²) in [5, 5.41) is 0. The molecule has 2 rings (SSSR count). The predicted molar refractivity (Wildman–Crippen MR) is 73.7 cm³/mol. The van der Waals surface area contributed by atoms with E-state index in [0.29, 0.717) is 5.92 Å². The molecule has 0 bridgehead atoms. The minimum absolute atomic E-state index is 0.00601. The molecule has 1 aliphatic rings. The molecule has 0 radical (unpaired) electrons. The van der Waals surface area contributed by atoms with Gasteiger partial charge in [0.25, 0.3) is 0 Å². The first kappa shape index (κ1) is 13.3. The summed E-state index contributed by atoms with van der Waals surface area (Å²) in [6.45, 7) is 5.02. The van der Waals surface area contributed by atoms with Gasteiger partial charge in [-0.15, -0.1) is 0 Å². The number of nitrogens with zero attached hydrogens (tertiary/aromatic N) is 2. The van der Waals surface area contributed by atoms with Crippen LogP contribution in [0.5, 0.6) is 0 Å². The van der Waals surface area contributed by atoms with Crippen molar-refractivity contribution in [3.05, 3.63) is 24.0 Å². The molecule has 1 aromatic heterocycles. The van der Waals surface area contributed by atoms with Crippen LogP contribution in [0.3, 0.4) is 0 Å². The molecule has 18 heavy (non-hydrogen) atoms. The summed E-state index contributed by atoms with van der Waals surface area (Å²) < 4.78 is 5.22. The van der Waals surface area contributed by atoms with Gasteiger partial charge in [-0.25, -0.2) is 0 Å². The van der Waals surface area contributed by atoms with Gasteiger partial charge in [-0.3, -0.25) is 4.98 Å². The highest BCUT2D eigenvalue weighted by Gasteiger charge is 2.19. The smallest absolute Gasteiger partial charge is 0.0569 e. The van der Waals surface area contributed by atoms with Crippen molar-refractivity contribution >= 4 is 5.69 Å². The Kier molecular flexibility index (Phi) is 4.55. The van der Waals surface area contributed by atoms with Crippen LogP contribution in [-0.4, -0.2) is 31.8 Å². The average molecular weight is 249 g/mol. The van der Waals surface area contributed by atoms with Crippen molar-refractivity contribution in [1.82, 2.24) is 4.98 Å². The molecule has 4 nitrogen and oxygen atoms in total. The molecule has 0 saturated carbocycles. The van der Waals surface area contributed by atoms with E-state index < -0.39 is 0 Å². The fourth-order valence-corrected chi connectivity index (χ4v) is 2.45. The highest BCUT2D eigenvalue weighted by Crippen LogP contribution is 2.23. The molecule has 1 fully saturated rings. The van der Waals surface area contributed by atoms with Crippen molar-refractivity contribution in [2.45, 2.75) is 25.8 Å². The SMILES string of the molecule is COCC1CCN(c2ccc([C@H](C)N)nc2)CC1. The number of anilines is 1. The lowest BCUT2D eigenvalue weighted by molar-refractivity contribution is 0.139. The van der Waals surface area contributed by atoms with Crippen LogP contribution >= 0.6 is 0 Å². The number of hydrogen-bond donors (Lipinski definition) is 1. The van der Waals surface area contributed by atoms with Crippen molar-refractivity contribution in [1.29, 1.82) is 0 Å². The Morgan fingerprint density at radius 2 is 2.17 bits per heavy atom. The lowest BCUT2D eigenvalue weighted by Crippen LogP contribution is -2.35. The lowest BCUT2D eigenvalue weighted by Gasteiger charge is -2.33. The van der Waals surface area contributed by atoms with Gasteiger partial charge in [0, 0.05) is 32.8 Å². The van der Waals surface area contributed by atoms with E-state index in [1.54, 1.807) is 7.11 Å². The molecular formula is C14H23N3O. The molecule has 1 aromatic rings. The molecule has 4 heteroatoms. The van der Waals surface area contributed by atoms with Gasteiger partial charge < -0.3 is 15.4 Å². The summed E-state index contributed by atoms with van der Waals surface area (Å²) in [5.41, 5.74) is 7.96. The van der Waals surface area contributed by atoms with E-state index in [1.807, 2.05) is 19.2 Å². The van der Waals surface area contributed by atoms with Crippen molar-refractivity contribution in [3.8, 4) is 0 Å². The van der Waals surface area contributed by atoms with Gasteiger partial charge in [-0.2, -0.15) is 0 Å². The van der Waals surface area contributed by atoms with Crippen molar-refractivity contribution in [3.63, 3.8) is 0 Å². The number of rotatable bonds is 4. The number of hydrogen-bond acceptors (Lipinski definition) is 4. The van der Waals surface area contributed by atoms with Crippen LogP contribution in [0.2, 0.25) is 0 Å². The van der Waals surface area contributed by atoms with Gasteiger partial charge in [-0.05, 0) is 37.8 Å². The summed E-state index contributed by atoms with van der Waals surface area (Å²) in [6, 6.07) is 4.16. The number of aromatic nitrogens is 1. The second-order valence-corrected chi connectivity index (χ2v) is 5.12. The third-order valence-corrected chi connectivity index (χ3v) is 3.62. The molecule has 1 atom stereocenters. The minimum Gasteiger partial charge on any atom is -0.384 e. The summed E-state index contributed by atoms with van der Waals surface area (Å²) >= 11 is 0. The molecule has 0 aromatic carbocycles. The van der Waals surface area contributed by atoms with Gasteiger partial charge in [0.15, 0.2) is 0 Å². The van der Waals surface area contributed by atoms with Gasteiger partial charge in [-0.1, -0.05) is 0 Å². The van der Waals surface area contributed by atoms with E-state index >= 15 is 0 Å². The van der Waals surface area contributed by atoms with Crippen molar-refractivity contribution < 1.29 is 4.74 Å². The fourth-order valence-electron chi connectivity index (χ4n) is 2.45. The number of pyridine rings is 1. The first-order chi connectivity index (χ1) is 8.70. The van der Waals surface area contributed by atoms with E-state index in [0.717, 1.165) is 25.4 Å². The minimum atomic E-state index is 0.00601. The van der Waals surface area contributed by atoms with Crippen LogP contribution in [0.15, 0.2) is 18.3 Å². The van der Waals surface area contributed by atoms with Crippen molar-refractivity contribution in [2.24, 2.45) is 11.7 Å². The number of methoxy groups -OCH3 is 1. The maximum Gasteiger partial charge on any atom is 0.0569 e. The maximum atomic E-state index is 5.80. The number of nitrogens with two attached hydrogens (primary N) is 1. The lowest BCUT2D eigenvalue weighted by atomic mass is 9.97. The second kappa shape index (κ2) is 6.16. The molecule has 0 spiro atoms. The van der Waals surface area contributed by atoms with Gasteiger partial charge in [0.2, 0.25) is 0 Å². The Morgan fingerprint density at radius 3 is 2.67 bits per heavy atom. The highest BCUT2D eigenvalue weighted by atomic mass is 16.5. The fraction of sp³-hybridized carbons (Fsp3) is 0.643. The van der Waals surface area contributed by atoms with Crippen LogP contribution in [0.1, 0.15) is 31.5 Å². The highest BCUT2D eigenvalue weighted by molar-refractivity contribution is 5.45. The van der Waals surface area contributed by atoms with E-state index in [1.165, 1.54) is 18.5 Å². The normalized spacial score (nSPS) is 18.9. The monoisotopic (exact) mass is 249 g/mol. The number of piperidine rings is 1. The Labute approximate surface area is 109 Å². The van der Waals surface area contributed by atoms with Gasteiger partial charge in [0.1, 0.15) is 0 Å². The summed E-state index contributed by atoms with van der Waals surface area (Å²) in [4.78, 5) is 6.81. The summed E-state index contributed by atoms with van der Waals surface area (Å²) in [5.74, 6) is 0.711. The predicted octanol–water partition coefficient (Wildman–Crippen LogP) is 1.96. The van der Waals surface area contributed by atoms with Gasteiger partial charge >= 0.3 is 0 Å². The molecule has 1 saturated heterocycles. The first-order valence-electron chi connectivity index (χ1n) is 6.66. The zero-order valence-electron chi connectivity index (χ0n) is 11.3. The third kappa shape index (κ3) is 3.21. The van der Waals surface area contributed by atoms with Crippen LogP contribution in [0, 0.1) is 5.92 Å². The maximum absolute atomic E-state index is 5.80. The third-order valence-electron chi connectivity index (χ3n) is 3.62. The van der Waals surface area contributed by atoms with Crippen LogP contribution < -0.4 is 10.6 Å². The van der Waals surface area contributed by atoms with Crippen LogP contribution in [-0.2, 0) is 4.74 Å². The first-order valence-corrected chi connectivity index (χ1v) is 6.66. The molecule has 1 aliphatic heterocycles. The molecule has 0 amide bonds. The second-order valence-electron chi connectivity index (χ2n) is 5.12. The Bertz CT molecular complexity index is 356. The zero-order valence-corrected chi connectivity index (χ0v) is 11.3. The van der Waals surface area contributed by atoms with E-state index in [-0.39, 0.29) is 6.04 Å². The van der Waals surface area contributed by atoms with Gasteiger partial charge in [0.05, 0.1) is 17.6 Å². The topological polar surface area (TPSA) is 51.4 Å². The molecule has 0 aliphatic carbocycles. The summed E-state index contributed by atoms with van der Waals surface area (Å²) in [7, 11) is 1.78. The Morgan fingerprint density at radius 1 is 1.44 bits per heavy atom. The Hall–Kier alpha value is -1.13. The quantitative estimate of drug-likeness (QED) is 0.886. The Balaban J connectivity index is 1.93.